The molecule has 0 saturated carbocycles. The number of hydrogen-bond donors (Lipinski definition) is 2. The molecule has 3 N–H and O–H groups in total. The Kier molecular flexibility index (Phi) is 6.49. The van der Waals surface area contributed by atoms with Crippen molar-refractivity contribution in [1.29, 1.82) is 0 Å². The first-order valence-corrected chi connectivity index (χ1v) is 5.13. The Labute approximate surface area is 86.8 Å². The van der Waals surface area contributed by atoms with Crippen LogP contribution < -0.4 is 11.1 Å². The number of amides is 1. The molecule has 0 aromatic heterocycles. The van der Waals surface area contributed by atoms with Crippen molar-refractivity contribution in [3.63, 3.8) is 0 Å². The number of nitrogens with two attached hydrogens (primary N) is 1. The Balaban J connectivity index is 3.54. The van der Waals surface area contributed by atoms with E-state index in [1.807, 2.05) is 27.9 Å². The molecule has 4 nitrogen and oxygen atoms in total. The van der Waals surface area contributed by atoms with Gasteiger partial charge in [0.05, 0.1) is 6.04 Å². The third kappa shape index (κ3) is 5.94. The molecule has 0 spiro atoms. The van der Waals surface area contributed by atoms with Gasteiger partial charge in [-0.15, -0.1) is 0 Å². The molecule has 0 fully saturated rings. The zero-order valence-corrected chi connectivity index (χ0v) is 9.71. The first-order valence-electron chi connectivity index (χ1n) is 5.13. The molecule has 0 aromatic carbocycles. The highest BCUT2D eigenvalue weighted by Gasteiger charge is 2.15. The van der Waals surface area contributed by atoms with Crippen LogP contribution in [-0.4, -0.2) is 44.0 Å². The lowest BCUT2D eigenvalue weighted by molar-refractivity contribution is -0.123. The highest BCUT2D eigenvalue weighted by molar-refractivity contribution is 5.81. The fraction of sp³-hybridized carbons (Fsp3) is 0.900. The highest BCUT2D eigenvalue weighted by atomic mass is 16.2. The molecule has 1 amide bonds. The summed E-state index contributed by atoms with van der Waals surface area (Å²) >= 11 is 0. The van der Waals surface area contributed by atoms with Crippen molar-refractivity contribution in [2.45, 2.75) is 26.3 Å². The first-order chi connectivity index (χ1) is 6.45. The molecular formula is C10H23N3O. The van der Waals surface area contributed by atoms with Gasteiger partial charge < -0.3 is 16.0 Å². The third-order valence-corrected chi connectivity index (χ3v) is 2.10. The summed E-state index contributed by atoms with van der Waals surface area (Å²) in [4.78, 5) is 13.5. The Morgan fingerprint density at radius 3 is 2.43 bits per heavy atom. The largest absolute Gasteiger partial charge is 0.355 e. The molecular weight excluding hydrogens is 178 g/mol. The van der Waals surface area contributed by atoms with Gasteiger partial charge in [-0.05, 0) is 33.0 Å². The minimum absolute atomic E-state index is 0.0428. The summed E-state index contributed by atoms with van der Waals surface area (Å²) in [5.41, 5.74) is 5.68. The van der Waals surface area contributed by atoms with Gasteiger partial charge in [-0.3, -0.25) is 4.79 Å². The van der Waals surface area contributed by atoms with E-state index in [4.69, 9.17) is 5.73 Å². The lowest BCUT2D eigenvalue weighted by Gasteiger charge is -2.15. The van der Waals surface area contributed by atoms with Crippen LogP contribution in [0.15, 0.2) is 0 Å². The number of rotatable bonds is 6. The van der Waals surface area contributed by atoms with E-state index in [-0.39, 0.29) is 17.9 Å². The van der Waals surface area contributed by atoms with E-state index in [2.05, 4.69) is 10.2 Å². The number of nitrogens with zero attached hydrogens (tertiary/aromatic N) is 1. The fourth-order valence-electron chi connectivity index (χ4n) is 1.03. The minimum Gasteiger partial charge on any atom is -0.355 e. The summed E-state index contributed by atoms with van der Waals surface area (Å²) in [6.45, 7) is 5.59. The van der Waals surface area contributed by atoms with Gasteiger partial charge >= 0.3 is 0 Å². The normalized spacial score (nSPS) is 13.4. The smallest absolute Gasteiger partial charge is 0.237 e. The molecule has 1 atom stereocenters. The van der Waals surface area contributed by atoms with Crippen molar-refractivity contribution >= 4 is 5.91 Å². The van der Waals surface area contributed by atoms with Crippen LogP contribution in [0.3, 0.4) is 0 Å². The standard InChI is InChI=1S/C10H23N3O/c1-8(2)9(11)10(14)12-6-5-7-13(3)4/h8-9H,5-7,11H2,1-4H3,(H,12,14)/t9-/m0/s1. The summed E-state index contributed by atoms with van der Waals surface area (Å²) in [5, 5.41) is 2.83. The van der Waals surface area contributed by atoms with Gasteiger partial charge in [0.2, 0.25) is 5.91 Å². The molecule has 4 heteroatoms. The van der Waals surface area contributed by atoms with Crippen LogP contribution in [0.25, 0.3) is 0 Å². The van der Waals surface area contributed by atoms with Crippen molar-refractivity contribution in [3.8, 4) is 0 Å². The Hall–Kier alpha value is -0.610. The van der Waals surface area contributed by atoms with E-state index in [1.54, 1.807) is 0 Å². The van der Waals surface area contributed by atoms with Crippen molar-refractivity contribution in [2.75, 3.05) is 27.2 Å². The van der Waals surface area contributed by atoms with E-state index in [0.717, 1.165) is 13.0 Å². The number of hydrogen-bond acceptors (Lipinski definition) is 3. The predicted octanol–water partition coefficient (Wildman–Crippen LogP) is 0.0376. The number of carbonyl (C=O) groups excluding carboxylic acids is 1. The van der Waals surface area contributed by atoms with E-state index >= 15 is 0 Å². The molecule has 0 heterocycles. The van der Waals surface area contributed by atoms with Crippen molar-refractivity contribution < 1.29 is 4.79 Å². The first kappa shape index (κ1) is 13.4. The van der Waals surface area contributed by atoms with Crippen molar-refractivity contribution in [2.24, 2.45) is 11.7 Å². The second-order valence-electron chi connectivity index (χ2n) is 4.22. The van der Waals surface area contributed by atoms with Gasteiger partial charge in [0.25, 0.3) is 0 Å². The minimum atomic E-state index is -0.380. The molecule has 0 aliphatic carbocycles. The summed E-state index contributed by atoms with van der Waals surface area (Å²) in [5.74, 6) is 0.155. The molecule has 0 radical (unpaired) electrons. The van der Waals surface area contributed by atoms with Crippen molar-refractivity contribution in [1.82, 2.24) is 10.2 Å². The van der Waals surface area contributed by atoms with Gasteiger partial charge in [0.1, 0.15) is 0 Å². The van der Waals surface area contributed by atoms with E-state index < -0.39 is 0 Å². The van der Waals surface area contributed by atoms with Crippen LogP contribution >= 0.6 is 0 Å². The maximum atomic E-state index is 11.4. The van der Waals surface area contributed by atoms with Crippen molar-refractivity contribution in [3.05, 3.63) is 0 Å². The van der Waals surface area contributed by atoms with Gasteiger partial charge in [-0.1, -0.05) is 13.8 Å². The highest BCUT2D eigenvalue weighted by Crippen LogP contribution is 1.97. The quantitative estimate of drug-likeness (QED) is 0.596. The zero-order valence-electron chi connectivity index (χ0n) is 9.71. The molecule has 0 bridgehead atoms. The molecule has 84 valence electrons. The number of nitrogens with one attached hydrogen (secondary N) is 1. The van der Waals surface area contributed by atoms with Crippen LogP contribution in [0.5, 0.6) is 0 Å². The maximum absolute atomic E-state index is 11.4. The van der Waals surface area contributed by atoms with Crippen LogP contribution in [0.1, 0.15) is 20.3 Å². The average Bonchev–Trinajstić information content (AvgIpc) is 2.10. The monoisotopic (exact) mass is 201 g/mol. The second kappa shape index (κ2) is 6.79. The lowest BCUT2D eigenvalue weighted by atomic mass is 10.1. The summed E-state index contributed by atoms with van der Waals surface area (Å²) in [6, 6.07) is -0.380. The Morgan fingerprint density at radius 1 is 1.43 bits per heavy atom. The topological polar surface area (TPSA) is 58.4 Å². The summed E-state index contributed by atoms with van der Waals surface area (Å²) in [7, 11) is 4.03. The van der Waals surface area contributed by atoms with E-state index in [9.17, 15) is 4.79 Å². The Morgan fingerprint density at radius 2 is 2.00 bits per heavy atom. The molecule has 0 saturated heterocycles. The third-order valence-electron chi connectivity index (χ3n) is 2.10. The van der Waals surface area contributed by atoms with E-state index in [1.165, 1.54) is 0 Å². The van der Waals surface area contributed by atoms with Crippen LogP contribution in [0.4, 0.5) is 0 Å². The molecule has 0 rings (SSSR count). The van der Waals surface area contributed by atoms with Gasteiger partial charge in [0.15, 0.2) is 0 Å². The molecule has 0 aliphatic rings. The van der Waals surface area contributed by atoms with Gasteiger partial charge in [-0.2, -0.15) is 0 Å². The predicted molar refractivity (Wildman–Crippen MR) is 59.0 cm³/mol. The van der Waals surface area contributed by atoms with Crippen LogP contribution in [0, 0.1) is 5.92 Å². The van der Waals surface area contributed by atoms with Gasteiger partial charge in [-0.25, -0.2) is 0 Å². The molecule has 14 heavy (non-hydrogen) atoms. The Bertz CT molecular complexity index is 169. The van der Waals surface area contributed by atoms with Crippen LogP contribution in [-0.2, 0) is 4.79 Å². The SMILES string of the molecule is CC(C)[C@H](N)C(=O)NCCCN(C)C. The van der Waals surface area contributed by atoms with E-state index in [0.29, 0.717) is 6.54 Å². The maximum Gasteiger partial charge on any atom is 0.237 e. The number of carbonyl (C=O) groups is 1. The molecule has 0 unspecified atom stereocenters. The zero-order chi connectivity index (χ0) is 11.1. The van der Waals surface area contributed by atoms with Crippen LogP contribution in [0.2, 0.25) is 0 Å². The molecule has 0 aromatic rings. The van der Waals surface area contributed by atoms with Gasteiger partial charge in [0, 0.05) is 6.54 Å². The molecule has 0 aliphatic heterocycles. The summed E-state index contributed by atoms with van der Waals surface area (Å²) < 4.78 is 0. The summed E-state index contributed by atoms with van der Waals surface area (Å²) in [6.07, 6.45) is 0.962. The lowest BCUT2D eigenvalue weighted by Crippen LogP contribution is -2.44. The average molecular weight is 201 g/mol. The second-order valence-corrected chi connectivity index (χ2v) is 4.22. The fourth-order valence-corrected chi connectivity index (χ4v) is 1.03.